The monoisotopic (exact) mass is 491 g/mol. The number of carbonyl (C=O) groups excluding carboxylic acids is 3. The predicted molar refractivity (Wildman–Crippen MR) is 135 cm³/mol. The van der Waals surface area contributed by atoms with Crippen molar-refractivity contribution in [1.29, 1.82) is 0 Å². The van der Waals surface area contributed by atoms with Gasteiger partial charge in [0.2, 0.25) is 5.91 Å². The van der Waals surface area contributed by atoms with E-state index in [-0.39, 0.29) is 42.0 Å². The van der Waals surface area contributed by atoms with Crippen LogP contribution in [0.3, 0.4) is 0 Å². The molecule has 2 aromatic carbocycles. The minimum absolute atomic E-state index is 0.0872. The molecule has 3 amide bonds. The number of rotatable bonds is 5. The Morgan fingerprint density at radius 2 is 1.89 bits per heavy atom. The summed E-state index contributed by atoms with van der Waals surface area (Å²) < 4.78 is 15.1. The quantitative estimate of drug-likeness (QED) is 0.447. The average Bonchev–Trinajstić information content (AvgIpc) is 3.32. The van der Waals surface area contributed by atoms with Crippen LogP contribution in [0.2, 0.25) is 0 Å². The summed E-state index contributed by atoms with van der Waals surface area (Å²) in [5.41, 5.74) is 2.37. The van der Waals surface area contributed by atoms with Gasteiger partial charge in [-0.15, -0.1) is 0 Å². The Balaban J connectivity index is 1.40. The smallest absolute Gasteiger partial charge is 0.293 e. The van der Waals surface area contributed by atoms with E-state index in [0.29, 0.717) is 10.5 Å². The molecule has 2 fully saturated rings. The molecule has 0 radical (unpaired) electrons. The van der Waals surface area contributed by atoms with Crippen molar-refractivity contribution >= 4 is 45.8 Å². The van der Waals surface area contributed by atoms with E-state index < -0.39 is 0 Å². The molecule has 5 rings (SSSR count). The predicted octanol–water partition coefficient (Wildman–Crippen LogP) is 5.42. The van der Waals surface area contributed by atoms with Crippen LogP contribution in [-0.4, -0.2) is 44.0 Å². The fourth-order valence-corrected chi connectivity index (χ4v) is 5.61. The zero-order valence-corrected chi connectivity index (χ0v) is 20.3. The summed E-state index contributed by atoms with van der Waals surface area (Å²) >= 11 is 0.894. The SMILES string of the molecule is C[C@@H]1CCCCN1C(=O)Cn1cc(/C=C2\SC(=O)N(Cc3ccc(F)cc3)C2=O)c2ccccc21. The van der Waals surface area contributed by atoms with Crippen LogP contribution in [0.4, 0.5) is 9.18 Å². The highest BCUT2D eigenvalue weighted by molar-refractivity contribution is 8.18. The Morgan fingerprint density at radius 3 is 2.66 bits per heavy atom. The van der Waals surface area contributed by atoms with Crippen LogP contribution in [0.1, 0.15) is 37.3 Å². The molecule has 35 heavy (non-hydrogen) atoms. The molecule has 0 aliphatic carbocycles. The third kappa shape index (κ3) is 4.75. The average molecular weight is 492 g/mol. The first-order valence-corrected chi connectivity index (χ1v) is 12.6. The maximum absolute atomic E-state index is 13.2. The van der Waals surface area contributed by atoms with Crippen molar-refractivity contribution in [3.63, 3.8) is 0 Å². The second-order valence-corrected chi connectivity index (χ2v) is 10.0. The molecular formula is C27H26FN3O3S. The van der Waals surface area contributed by atoms with Crippen molar-refractivity contribution in [2.24, 2.45) is 0 Å². The Bertz CT molecular complexity index is 1330. The van der Waals surface area contributed by atoms with E-state index in [1.165, 1.54) is 17.0 Å². The van der Waals surface area contributed by atoms with Crippen LogP contribution in [0.5, 0.6) is 0 Å². The van der Waals surface area contributed by atoms with Gasteiger partial charge in [-0.1, -0.05) is 30.3 Å². The van der Waals surface area contributed by atoms with Crippen LogP contribution >= 0.6 is 11.8 Å². The number of para-hydroxylation sites is 1. The van der Waals surface area contributed by atoms with Gasteiger partial charge >= 0.3 is 0 Å². The first-order valence-electron chi connectivity index (χ1n) is 11.8. The van der Waals surface area contributed by atoms with E-state index in [2.05, 4.69) is 6.92 Å². The molecule has 2 aliphatic heterocycles. The molecule has 0 unspecified atom stereocenters. The molecule has 8 heteroatoms. The number of imide groups is 1. The lowest BCUT2D eigenvalue weighted by atomic mass is 10.0. The molecular weight excluding hydrogens is 465 g/mol. The maximum Gasteiger partial charge on any atom is 0.293 e. The highest BCUT2D eigenvalue weighted by Gasteiger charge is 2.35. The van der Waals surface area contributed by atoms with Crippen molar-refractivity contribution in [3.8, 4) is 0 Å². The minimum atomic E-state index is -0.376. The van der Waals surface area contributed by atoms with E-state index in [9.17, 15) is 18.8 Å². The zero-order chi connectivity index (χ0) is 24.5. The van der Waals surface area contributed by atoms with Gasteiger partial charge in [0.05, 0.1) is 11.4 Å². The van der Waals surface area contributed by atoms with Crippen molar-refractivity contribution in [2.45, 2.75) is 45.3 Å². The molecule has 0 bridgehead atoms. The summed E-state index contributed by atoms with van der Waals surface area (Å²) in [5.74, 6) is -0.657. The Labute approximate surface area is 207 Å². The molecule has 1 aromatic heterocycles. The Hall–Kier alpha value is -3.39. The maximum atomic E-state index is 13.2. The lowest BCUT2D eigenvalue weighted by Gasteiger charge is -2.33. The number of benzene rings is 2. The van der Waals surface area contributed by atoms with Crippen LogP contribution in [0.15, 0.2) is 59.6 Å². The second-order valence-electron chi connectivity index (χ2n) is 9.06. The zero-order valence-electron chi connectivity index (χ0n) is 19.4. The number of nitrogens with zero attached hydrogens (tertiary/aromatic N) is 3. The number of halogens is 1. The molecule has 6 nitrogen and oxygen atoms in total. The number of thioether (sulfide) groups is 1. The highest BCUT2D eigenvalue weighted by Crippen LogP contribution is 2.35. The molecule has 0 spiro atoms. The number of hydrogen-bond acceptors (Lipinski definition) is 4. The molecule has 2 saturated heterocycles. The lowest BCUT2D eigenvalue weighted by Crippen LogP contribution is -2.43. The molecule has 0 N–H and O–H groups in total. The molecule has 3 heterocycles. The van der Waals surface area contributed by atoms with E-state index in [1.807, 2.05) is 39.9 Å². The normalized spacial score (nSPS) is 19.8. The topological polar surface area (TPSA) is 62.6 Å². The Morgan fingerprint density at radius 1 is 1.11 bits per heavy atom. The molecule has 180 valence electrons. The summed E-state index contributed by atoms with van der Waals surface area (Å²) in [5, 5.41) is 0.556. The number of likely N-dealkylation sites (tertiary alicyclic amines) is 1. The van der Waals surface area contributed by atoms with Crippen molar-refractivity contribution < 1.29 is 18.8 Å². The van der Waals surface area contributed by atoms with Crippen molar-refractivity contribution in [3.05, 3.63) is 76.6 Å². The third-order valence-corrected chi connectivity index (χ3v) is 7.57. The van der Waals surface area contributed by atoms with E-state index in [4.69, 9.17) is 0 Å². The number of fused-ring (bicyclic) bond motifs is 1. The van der Waals surface area contributed by atoms with Gasteiger partial charge in [0.1, 0.15) is 12.4 Å². The van der Waals surface area contributed by atoms with Crippen LogP contribution in [0, 0.1) is 5.82 Å². The molecule has 1 atom stereocenters. The molecule has 3 aromatic rings. The van der Waals surface area contributed by atoms with E-state index >= 15 is 0 Å². The van der Waals surface area contributed by atoms with Crippen LogP contribution in [-0.2, 0) is 22.7 Å². The fraction of sp³-hybridized carbons (Fsp3) is 0.296. The number of amides is 3. The molecule has 0 saturated carbocycles. The van der Waals surface area contributed by atoms with Crippen molar-refractivity contribution in [2.75, 3.05) is 6.54 Å². The third-order valence-electron chi connectivity index (χ3n) is 6.66. The summed E-state index contributed by atoms with van der Waals surface area (Å²) in [7, 11) is 0. The summed E-state index contributed by atoms with van der Waals surface area (Å²) in [6, 6.07) is 13.7. The van der Waals surface area contributed by atoms with Crippen molar-refractivity contribution in [1.82, 2.24) is 14.4 Å². The number of piperidine rings is 1. The fourth-order valence-electron chi connectivity index (χ4n) is 4.78. The van der Waals surface area contributed by atoms with Gasteiger partial charge in [0, 0.05) is 35.2 Å². The van der Waals surface area contributed by atoms with E-state index in [0.717, 1.165) is 54.0 Å². The second kappa shape index (κ2) is 9.70. The number of aromatic nitrogens is 1. The van der Waals surface area contributed by atoms with Gasteiger partial charge in [-0.05, 0) is 67.8 Å². The van der Waals surface area contributed by atoms with Gasteiger partial charge in [0.15, 0.2) is 0 Å². The lowest BCUT2D eigenvalue weighted by molar-refractivity contribution is -0.135. The minimum Gasteiger partial charge on any atom is -0.338 e. The van der Waals surface area contributed by atoms with Gasteiger partial charge < -0.3 is 9.47 Å². The van der Waals surface area contributed by atoms with Gasteiger partial charge in [-0.25, -0.2) is 4.39 Å². The largest absolute Gasteiger partial charge is 0.338 e. The van der Waals surface area contributed by atoms with Crippen LogP contribution < -0.4 is 0 Å². The standard InChI is InChI=1S/C27H26FN3O3S/c1-18-6-4-5-13-30(18)25(32)17-29-16-20(22-7-2-3-8-23(22)29)14-24-26(33)31(27(34)35-24)15-19-9-11-21(28)12-10-19/h2-3,7-12,14,16,18H,4-6,13,15,17H2,1H3/b24-14-/t18-/m1/s1. The Kier molecular flexibility index (Phi) is 6.47. The first-order chi connectivity index (χ1) is 16.9. The molecule has 2 aliphatic rings. The summed E-state index contributed by atoms with van der Waals surface area (Å²) in [6.45, 7) is 3.20. The number of hydrogen-bond donors (Lipinski definition) is 0. The van der Waals surface area contributed by atoms with Gasteiger partial charge in [-0.2, -0.15) is 0 Å². The van der Waals surface area contributed by atoms with Gasteiger partial charge in [0.25, 0.3) is 11.1 Å². The van der Waals surface area contributed by atoms with Gasteiger partial charge in [-0.3, -0.25) is 19.3 Å². The summed E-state index contributed by atoms with van der Waals surface area (Å²) in [4.78, 5) is 42.1. The first kappa shape index (κ1) is 23.4. The van der Waals surface area contributed by atoms with Crippen LogP contribution in [0.25, 0.3) is 17.0 Å². The summed E-state index contributed by atoms with van der Waals surface area (Å²) in [6.07, 6.45) is 6.81. The highest BCUT2D eigenvalue weighted by atomic mass is 32.2. The van der Waals surface area contributed by atoms with E-state index in [1.54, 1.807) is 18.2 Å². The number of carbonyl (C=O) groups is 3.